The van der Waals surface area contributed by atoms with E-state index in [1.165, 1.54) is 0 Å². The van der Waals surface area contributed by atoms with Gasteiger partial charge in [0.2, 0.25) is 0 Å². The van der Waals surface area contributed by atoms with Gasteiger partial charge in [0.1, 0.15) is 0 Å². The number of carbonyl (C=O) groups is 1. The molecule has 23 heavy (non-hydrogen) atoms. The molecule has 0 aliphatic carbocycles. The first-order valence-corrected chi connectivity index (χ1v) is 8.86. The summed E-state index contributed by atoms with van der Waals surface area (Å²) in [7, 11) is 0. The van der Waals surface area contributed by atoms with Crippen molar-refractivity contribution < 1.29 is 4.79 Å². The number of aryl methyl sites for hydroxylation is 1. The van der Waals surface area contributed by atoms with Gasteiger partial charge in [-0.15, -0.1) is 11.3 Å². The van der Waals surface area contributed by atoms with Gasteiger partial charge >= 0.3 is 0 Å². The first-order chi connectivity index (χ1) is 11.1. The van der Waals surface area contributed by atoms with E-state index in [1.807, 2.05) is 60.3 Å². The van der Waals surface area contributed by atoms with Crippen LogP contribution in [0.15, 0.2) is 46.3 Å². The van der Waals surface area contributed by atoms with E-state index in [1.54, 1.807) is 11.3 Å². The summed E-state index contributed by atoms with van der Waals surface area (Å²) in [5.74, 6) is -0.0863. The fraction of sp³-hybridized carbons (Fsp3) is 0.176. The molecule has 6 heteroatoms. The van der Waals surface area contributed by atoms with Crippen molar-refractivity contribution in [2.75, 3.05) is 0 Å². The molecule has 4 nitrogen and oxygen atoms in total. The monoisotopic (exact) mass is 389 g/mol. The highest BCUT2D eigenvalue weighted by atomic mass is 79.9. The van der Waals surface area contributed by atoms with Crippen molar-refractivity contribution in [3.8, 4) is 5.69 Å². The Hall–Kier alpha value is -1.92. The van der Waals surface area contributed by atoms with E-state index in [0.717, 1.165) is 26.4 Å². The number of hydrogen-bond donors (Lipinski definition) is 1. The molecule has 0 unspecified atom stereocenters. The smallest absolute Gasteiger partial charge is 0.255 e. The third-order valence-corrected chi connectivity index (χ3v) is 5.00. The van der Waals surface area contributed by atoms with Crippen LogP contribution < -0.4 is 5.32 Å². The van der Waals surface area contributed by atoms with E-state index in [4.69, 9.17) is 0 Å². The summed E-state index contributed by atoms with van der Waals surface area (Å²) in [6, 6.07) is 11.8. The molecule has 0 fully saturated rings. The number of rotatable bonds is 4. The fourth-order valence-electron chi connectivity index (χ4n) is 2.47. The quantitative estimate of drug-likeness (QED) is 0.724. The maximum atomic E-state index is 12.5. The number of halogens is 1. The van der Waals surface area contributed by atoms with Crippen LogP contribution in [0, 0.1) is 13.8 Å². The highest BCUT2D eigenvalue weighted by Crippen LogP contribution is 2.20. The summed E-state index contributed by atoms with van der Waals surface area (Å²) < 4.78 is 2.82. The summed E-state index contributed by atoms with van der Waals surface area (Å²) in [4.78, 5) is 13.6. The third kappa shape index (κ3) is 3.38. The standard InChI is InChI=1S/C17H16BrN3OS/c1-11-16(17(22)19-10-15-4-3-9-23-15)12(2)21(20-11)14-7-5-13(18)6-8-14/h3-9H,10H2,1-2H3,(H,19,22). The molecule has 3 rings (SSSR count). The van der Waals surface area contributed by atoms with Gasteiger partial charge in [-0.05, 0) is 49.6 Å². The lowest BCUT2D eigenvalue weighted by molar-refractivity contribution is 0.0950. The molecule has 0 saturated heterocycles. The predicted molar refractivity (Wildman–Crippen MR) is 96.2 cm³/mol. The van der Waals surface area contributed by atoms with Crippen LogP contribution in [0.25, 0.3) is 5.69 Å². The van der Waals surface area contributed by atoms with Crippen molar-refractivity contribution >= 4 is 33.2 Å². The number of thiophene rings is 1. The van der Waals surface area contributed by atoms with Gasteiger partial charge in [-0.3, -0.25) is 4.79 Å². The largest absolute Gasteiger partial charge is 0.347 e. The Kier molecular flexibility index (Phi) is 4.63. The van der Waals surface area contributed by atoms with Crippen molar-refractivity contribution in [2.45, 2.75) is 20.4 Å². The fourth-order valence-corrected chi connectivity index (χ4v) is 3.38. The van der Waals surface area contributed by atoms with Crippen LogP contribution >= 0.6 is 27.3 Å². The highest BCUT2D eigenvalue weighted by molar-refractivity contribution is 9.10. The van der Waals surface area contributed by atoms with Crippen LogP contribution in [0.3, 0.4) is 0 Å². The van der Waals surface area contributed by atoms with Crippen molar-refractivity contribution in [1.29, 1.82) is 0 Å². The molecule has 0 bridgehead atoms. The molecule has 0 aliphatic rings. The molecular formula is C17H16BrN3OS. The lowest BCUT2D eigenvalue weighted by atomic mass is 10.2. The van der Waals surface area contributed by atoms with Gasteiger partial charge in [0, 0.05) is 9.35 Å². The number of amides is 1. The van der Waals surface area contributed by atoms with Gasteiger partial charge in [-0.2, -0.15) is 5.10 Å². The second kappa shape index (κ2) is 6.68. The second-order valence-corrected chi connectivity index (χ2v) is 7.14. The minimum absolute atomic E-state index is 0.0863. The molecule has 0 saturated carbocycles. The first-order valence-electron chi connectivity index (χ1n) is 7.19. The Bertz CT molecular complexity index is 822. The van der Waals surface area contributed by atoms with E-state index in [2.05, 4.69) is 26.3 Å². The van der Waals surface area contributed by atoms with Gasteiger partial charge in [0.25, 0.3) is 5.91 Å². The van der Waals surface area contributed by atoms with Gasteiger partial charge < -0.3 is 5.32 Å². The number of aromatic nitrogens is 2. The molecule has 2 heterocycles. The van der Waals surface area contributed by atoms with E-state index >= 15 is 0 Å². The van der Waals surface area contributed by atoms with Gasteiger partial charge in [0.05, 0.1) is 29.2 Å². The van der Waals surface area contributed by atoms with Crippen LogP contribution in [0.4, 0.5) is 0 Å². The average Bonchev–Trinajstić information content (AvgIpc) is 3.14. The maximum Gasteiger partial charge on any atom is 0.255 e. The van der Waals surface area contributed by atoms with Crippen LogP contribution in [-0.2, 0) is 6.54 Å². The molecule has 0 radical (unpaired) electrons. The van der Waals surface area contributed by atoms with E-state index < -0.39 is 0 Å². The Balaban J connectivity index is 1.85. The van der Waals surface area contributed by atoms with Crippen molar-refractivity contribution in [3.05, 3.63) is 68.1 Å². The number of nitrogens with zero attached hydrogens (tertiary/aromatic N) is 2. The van der Waals surface area contributed by atoms with Crippen LogP contribution in [0.5, 0.6) is 0 Å². The number of carbonyl (C=O) groups excluding carboxylic acids is 1. The lowest BCUT2D eigenvalue weighted by Crippen LogP contribution is -2.23. The minimum atomic E-state index is -0.0863. The Labute approximate surface area is 147 Å². The molecule has 118 valence electrons. The molecule has 1 amide bonds. The zero-order valence-electron chi connectivity index (χ0n) is 12.8. The molecule has 1 aromatic carbocycles. The Morgan fingerprint density at radius 2 is 2.00 bits per heavy atom. The van der Waals surface area contributed by atoms with Crippen LogP contribution in [0.2, 0.25) is 0 Å². The third-order valence-electron chi connectivity index (χ3n) is 3.59. The highest BCUT2D eigenvalue weighted by Gasteiger charge is 2.19. The van der Waals surface area contributed by atoms with Crippen LogP contribution in [0.1, 0.15) is 26.6 Å². The number of nitrogens with one attached hydrogen (secondary N) is 1. The molecule has 0 aliphatic heterocycles. The maximum absolute atomic E-state index is 12.5. The normalized spacial score (nSPS) is 10.7. The second-order valence-electron chi connectivity index (χ2n) is 5.20. The molecule has 2 aromatic heterocycles. The summed E-state index contributed by atoms with van der Waals surface area (Å²) in [6.45, 7) is 4.32. The summed E-state index contributed by atoms with van der Waals surface area (Å²) in [5, 5.41) is 9.49. The Morgan fingerprint density at radius 1 is 1.26 bits per heavy atom. The molecule has 3 aromatic rings. The van der Waals surface area contributed by atoms with Crippen LogP contribution in [-0.4, -0.2) is 15.7 Å². The summed E-state index contributed by atoms with van der Waals surface area (Å²) in [6.07, 6.45) is 0. The summed E-state index contributed by atoms with van der Waals surface area (Å²) >= 11 is 5.06. The minimum Gasteiger partial charge on any atom is -0.347 e. The molecular weight excluding hydrogens is 374 g/mol. The lowest BCUT2D eigenvalue weighted by Gasteiger charge is -2.06. The predicted octanol–water partition coefficient (Wildman–Crippen LogP) is 4.24. The topological polar surface area (TPSA) is 46.9 Å². The summed E-state index contributed by atoms with van der Waals surface area (Å²) in [5.41, 5.74) is 3.15. The zero-order valence-corrected chi connectivity index (χ0v) is 15.2. The first kappa shape index (κ1) is 16.0. The average molecular weight is 390 g/mol. The van der Waals surface area contributed by atoms with Crippen molar-refractivity contribution in [2.24, 2.45) is 0 Å². The zero-order chi connectivity index (χ0) is 16.4. The van der Waals surface area contributed by atoms with E-state index in [0.29, 0.717) is 12.1 Å². The molecule has 1 N–H and O–H groups in total. The number of benzene rings is 1. The van der Waals surface area contributed by atoms with Crippen molar-refractivity contribution in [3.63, 3.8) is 0 Å². The van der Waals surface area contributed by atoms with Gasteiger partial charge in [-0.25, -0.2) is 4.68 Å². The molecule has 0 spiro atoms. The van der Waals surface area contributed by atoms with E-state index in [9.17, 15) is 4.79 Å². The molecule has 0 atom stereocenters. The van der Waals surface area contributed by atoms with Gasteiger partial charge in [0.15, 0.2) is 0 Å². The Morgan fingerprint density at radius 3 is 2.65 bits per heavy atom. The number of hydrogen-bond acceptors (Lipinski definition) is 3. The van der Waals surface area contributed by atoms with Crippen molar-refractivity contribution in [1.82, 2.24) is 15.1 Å². The van der Waals surface area contributed by atoms with Gasteiger partial charge in [-0.1, -0.05) is 22.0 Å². The SMILES string of the molecule is Cc1nn(-c2ccc(Br)cc2)c(C)c1C(=O)NCc1cccs1. The van der Waals surface area contributed by atoms with E-state index in [-0.39, 0.29) is 5.91 Å².